The maximum absolute atomic E-state index is 12.2. The zero-order valence-corrected chi connectivity index (χ0v) is 10.8. The molecule has 6 heteroatoms. The molecule has 18 heavy (non-hydrogen) atoms. The molecule has 0 saturated carbocycles. The number of hydrogen-bond donors (Lipinski definition) is 1. The molecule has 0 aromatic carbocycles. The number of morpholine rings is 1. The topological polar surface area (TPSA) is 67.5 Å². The van der Waals surface area contributed by atoms with E-state index in [1.807, 2.05) is 6.92 Å². The second kappa shape index (κ2) is 5.97. The summed E-state index contributed by atoms with van der Waals surface area (Å²) in [5.74, 6) is 0.341. The van der Waals surface area contributed by atoms with E-state index in [2.05, 4.69) is 9.97 Å². The van der Waals surface area contributed by atoms with Crippen LogP contribution in [0.15, 0.2) is 6.20 Å². The Labute approximate surface area is 106 Å². The van der Waals surface area contributed by atoms with Crippen molar-refractivity contribution >= 4 is 5.91 Å². The summed E-state index contributed by atoms with van der Waals surface area (Å²) in [6.45, 7) is 4.31. The number of rotatable bonds is 4. The lowest BCUT2D eigenvalue weighted by Gasteiger charge is -2.32. The number of carbonyl (C=O) groups excluding carboxylic acids is 1. The van der Waals surface area contributed by atoms with E-state index in [9.17, 15) is 4.79 Å². The van der Waals surface area contributed by atoms with E-state index in [-0.39, 0.29) is 12.0 Å². The predicted molar refractivity (Wildman–Crippen MR) is 65.5 cm³/mol. The van der Waals surface area contributed by atoms with Crippen molar-refractivity contribution in [3.8, 4) is 0 Å². The van der Waals surface area contributed by atoms with Crippen LogP contribution in [0.1, 0.15) is 22.7 Å². The first-order valence-corrected chi connectivity index (χ1v) is 6.12. The molecule has 2 heterocycles. The fourth-order valence-electron chi connectivity index (χ4n) is 2.00. The standard InChI is InChI=1S/C12H19N3O3/c1-9-7-13-11(14-9)12(16)15-4-6-18-10(8-15)3-5-17-2/h7,10H,3-6,8H2,1-2H3,(H,13,14). The number of hydrogen-bond acceptors (Lipinski definition) is 4. The second-order valence-electron chi connectivity index (χ2n) is 4.44. The number of methoxy groups -OCH3 is 1. The van der Waals surface area contributed by atoms with Crippen LogP contribution < -0.4 is 0 Å². The van der Waals surface area contributed by atoms with Gasteiger partial charge in [-0.1, -0.05) is 0 Å². The van der Waals surface area contributed by atoms with Crippen molar-refractivity contribution in [2.24, 2.45) is 0 Å². The molecule has 1 N–H and O–H groups in total. The summed E-state index contributed by atoms with van der Waals surface area (Å²) in [7, 11) is 1.66. The monoisotopic (exact) mass is 253 g/mol. The van der Waals surface area contributed by atoms with Crippen molar-refractivity contribution in [3.05, 3.63) is 17.7 Å². The number of imidazole rings is 1. The van der Waals surface area contributed by atoms with Gasteiger partial charge >= 0.3 is 0 Å². The summed E-state index contributed by atoms with van der Waals surface area (Å²) in [4.78, 5) is 21.0. The zero-order valence-electron chi connectivity index (χ0n) is 10.8. The number of nitrogens with one attached hydrogen (secondary N) is 1. The number of aryl methyl sites for hydroxylation is 1. The first-order valence-electron chi connectivity index (χ1n) is 6.12. The zero-order chi connectivity index (χ0) is 13.0. The summed E-state index contributed by atoms with van der Waals surface area (Å²) in [6, 6.07) is 0. The minimum atomic E-state index is -0.0613. The summed E-state index contributed by atoms with van der Waals surface area (Å²) < 4.78 is 10.6. The third kappa shape index (κ3) is 3.08. The summed E-state index contributed by atoms with van der Waals surface area (Å²) >= 11 is 0. The SMILES string of the molecule is COCCC1CN(C(=O)c2ncc(C)[nH]2)CCO1. The molecular formula is C12H19N3O3. The predicted octanol–water partition coefficient (Wildman–Crippen LogP) is 0.596. The highest BCUT2D eigenvalue weighted by Crippen LogP contribution is 2.11. The Balaban J connectivity index is 1.94. The van der Waals surface area contributed by atoms with Crippen LogP contribution in [0.25, 0.3) is 0 Å². The number of nitrogens with zero attached hydrogens (tertiary/aromatic N) is 2. The number of ether oxygens (including phenoxy) is 2. The van der Waals surface area contributed by atoms with E-state index in [4.69, 9.17) is 9.47 Å². The van der Waals surface area contributed by atoms with E-state index in [1.165, 1.54) is 0 Å². The lowest BCUT2D eigenvalue weighted by molar-refractivity contribution is -0.0335. The first-order chi connectivity index (χ1) is 8.70. The third-order valence-corrected chi connectivity index (χ3v) is 2.98. The van der Waals surface area contributed by atoms with Crippen molar-refractivity contribution in [1.29, 1.82) is 0 Å². The Kier molecular flexibility index (Phi) is 4.33. The van der Waals surface area contributed by atoms with Gasteiger partial charge in [0.05, 0.1) is 12.7 Å². The Morgan fingerprint density at radius 3 is 3.22 bits per heavy atom. The van der Waals surface area contributed by atoms with Gasteiger partial charge in [0.1, 0.15) is 0 Å². The molecule has 0 spiro atoms. The number of aromatic nitrogens is 2. The van der Waals surface area contributed by atoms with Crippen molar-refractivity contribution < 1.29 is 14.3 Å². The molecule has 1 aliphatic heterocycles. The summed E-state index contributed by atoms with van der Waals surface area (Å²) in [6.07, 6.45) is 2.52. The Bertz CT molecular complexity index is 405. The average molecular weight is 253 g/mol. The van der Waals surface area contributed by atoms with Crippen molar-refractivity contribution in [2.45, 2.75) is 19.4 Å². The quantitative estimate of drug-likeness (QED) is 0.853. The molecule has 1 saturated heterocycles. The van der Waals surface area contributed by atoms with Gasteiger partial charge in [-0.05, 0) is 13.3 Å². The molecule has 0 aliphatic carbocycles. The molecule has 0 bridgehead atoms. The normalized spacial score (nSPS) is 20.1. The third-order valence-electron chi connectivity index (χ3n) is 2.98. The van der Waals surface area contributed by atoms with Crippen LogP contribution in [0.4, 0.5) is 0 Å². The first kappa shape index (κ1) is 13.0. The Morgan fingerprint density at radius 2 is 2.56 bits per heavy atom. The van der Waals surface area contributed by atoms with Gasteiger partial charge in [0.15, 0.2) is 5.82 Å². The molecule has 6 nitrogen and oxygen atoms in total. The van der Waals surface area contributed by atoms with Crippen LogP contribution in [0.2, 0.25) is 0 Å². The van der Waals surface area contributed by atoms with Gasteiger partial charge in [0.2, 0.25) is 0 Å². The van der Waals surface area contributed by atoms with Gasteiger partial charge in [-0.15, -0.1) is 0 Å². The van der Waals surface area contributed by atoms with Gasteiger partial charge in [-0.25, -0.2) is 4.98 Å². The molecular weight excluding hydrogens is 234 g/mol. The number of aromatic amines is 1. The number of H-pyrrole nitrogens is 1. The summed E-state index contributed by atoms with van der Waals surface area (Å²) in [5.41, 5.74) is 0.891. The molecule has 2 rings (SSSR count). The largest absolute Gasteiger partial charge is 0.385 e. The molecule has 1 atom stereocenters. The fourth-order valence-corrected chi connectivity index (χ4v) is 2.00. The summed E-state index contributed by atoms with van der Waals surface area (Å²) in [5, 5.41) is 0. The average Bonchev–Trinajstić information content (AvgIpc) is 2.82. The maximum Gasteiger partial charge on any atom is 0.289 e. The highest BCUT2D eigenvalue weighted by Gasteiger charge is 2.26. The minimum absolute atomic E-state index is 0.0544. The van der Waals surface area contributed by atoms with E-state index < -0.39 is 0 Å². The second-order valence-corrected chi connectivity index (χ2v) is 4.44. The van der Waals surface area contributed by atoms with Crippen molar-refractivity contribution in [1.82, 2.24) is 14.9 Å². The molecule has 1 amide bonds. The molecule has 0 radical (unpaired) electrons. The van der Waals surface area contributed by atoms with E-state index in [0.717, 1.165) is 12.1 Å². The Morgan fingerprint density at radius 1 is 1.72 bits per heavy atom. The van der Waals surface area contributed by atoms with E-state index in [1.54, 1.807) is 18.2 Å². The number of carbonyl (C=O) groups is 1. The van der Waals surface area contributed by atoms with Crippen LogP contribution >= 0.6 is 0 Å². The van der Waals surface area contributed by atoms with Crippen LogP contribution in [0.3, 0.4) is 0 Å². The molecule has 100 valence electrons. The highest BCUT2D eigenvalue weighted by atomic mass is 16.5. The van der Waals surface area contributed by atoms with Crippen molar-refractivity contribution in [3.63, 3.8) is 0 Å². The molecule has 1 aromatic rings. The molecule has 1 aromatic heterocycles. The van der Waals surface area contributed by atoms with Gasteiger partial charge in [-0.2, -0.15) is 0 Å². The molecule has 1 fully saturated rings. The molecule has 1 unspecified atom stereocenters. The lowest BCUT2D eigenvalue weighted by Crippen LogP contribution is -2.46. The molecule has 1 aliphatic rings. The van der Waals surface area contributed by atoms with Gasteiger partial charge in [0.25, 0.3) is 5.91 Å². The lowest BCUT2D eigenvalue weighted by atomic mass is 10.2. The van der Waals surface area contributed by atoms with Crippen LogP contribution in [0, 0.1) is 6.92 Å². The van der Waals surface area contributed by atoms with Gasteiger partial charge in [-0.3, -0.25) is 4.79 Å². The van der Waals surface area contributed by atoms with Crippen LogP contribution in [-0.2, 0) is 9.47 Å². The smallest absolute Gasteiger partial charge is 0.289 e. The number of amides is 1. The van der Waals surface area contributed by atoms with Crippen molar-refractivity contribution in [2.75, 3.05) is 33.4 Å². The Hall–Kier alpha value is -1.40. The fraction of sp³-hybridized carbons (Fsp3) is 0.667. The van der Waals surface area contributed by atoms with Crippen LogP contribution in [0.5, 0.6) is 0 Å². The highest BCUT2D eigenvalue weighted by molar-refractivity contribution is 5.90. The van der Waals surface area contributed by atoms with Gasteiger partial charge < -0.3 is 19.4 Å². The maximum atomic E-state index is 12.2. The van der Waals surface area contributed by atoms with Crippen LogP contribution in [-0.4, -0.2) is 60.3 Å². The van der Waals surface area contributed by atoms with E-state index in [0.29, 0.717) is 32.1 Å². The minimum Gasteiger partial charge on any atom is -0.385 e. The van der Waals surface area contributed by atoms with E-state index >= 15 is 0 Å². The van der Waals surface area contributed by atoms with Gasteiger partial charge in [0, 0.05) is 38.7 Å².